The van der Waals surface area contributed by atoms with Crippen LogP contribution in [0.3, 0.4) is 0 Å². The van der Waals surface area contributed by atoms with Crippen molar-refractivity contribution < 1.29 is 23.5 Å². The van der Waals surface area contributed by atoms with Crippen molar-refractivity contribution in [2.75, 3.05) is 58.0 Å². The van der Waals surface area contributed by atoms with E-state index in [-0.39, 0.29) is 24.2 Å². The van der Waals surface area contributed by atoms with Crippen LogP contribution in [0.5, 0.6) is 11.5 Å². The SMILES string of the molecule is COc1ccc(SCC(=O)N2CCCN(CC(=O)Nc3ccc(F)cc3)CC2)cc1OC. The number of ether oxygens (including phenoxy) is 2. The number of carbonyl (C=O) groups excluding carboxylic acids is 2. The van der Waals surface area contributed by atoms with E-state index in [1.54, 1.807) is 14.2 Å². The molecule has 0 spiro atoms. The second-order valence-electron chi connectivity index (χ2n) is 7.37. The first-order chi connectivity index (χ1) is 15.5. The number of halogens is 1. The Kier molecular flexibility index (Phi) is 8.75. The second kappa shape index (κ2) is 11.7. The molecular weight excluding hydrogens is 433 g/mol. The van der Waals surface area contributed by atoms with E-state index >= 15 is 0 Å². The molecule has 1 saturated heterocycles. The maximum Gasteiger partial charge on any atom is 0.238 e. The van der Waals surface area contributed by atoms with E-state index in [4.69, 9.17) is 9.47 Å². The molecule has 1 N–H and O–H groups in total. The summed E-state index contributed by atoms with van der Waals surface area (Å²) < 4.78 is 23.6. The van der Waals surface area contributed by atoms with E-state index < -0.39 is 0 Å². The number of carbonyl (C=O) groups is 2. The van der Waals surface area contributed by atoms with Crippen molar-refractivity contribution in [1.29, 1.82) is 0 Å². The molecule has 1 fully saturated rings. The maximum absolute atomic E-state index is 13.0. The summed E-state index contributed by atoms with van der Waals surface area (Å²) in [4.78, 5) is 29.8. The van der Waals surface area contributed by atoms with Crippen LogP contribution in [0.2, 0.25) is 0 Å². The first kappa shape index (κ1) is 23.9. The quantitative estimate of drug-likeness (QED) is 0.609. The highest BCUT2D eigenvalue weighted by Crippen LogP contribution is 2.32. The van der Waals surface area contributed by atoms with Crippen molar-refractivity contribution in [1.82, 2.24) is 9.80 Å². The second-order valence-corrected chi connectivity index (χ2v) is 8.42. The molecule has 0 aromatic heterocycles. The number of rotatable bonds is 8. The summed E-state index contributed by atoms with van der Waals surface area (Å²) in [5.41, 5.74) is 0.565. The van der Waals surface area contributed by atoms with Gasteiger partial charge in [-0.15, -0.1) is 11.8 Å². The van der Waals surface area contributed by atoms with Gasteiger partial charge in [0.05, 0.1) is 26.5 Å². The van der Waals surface area contributed by atoms with E-state index in [0.717, 1.165) is 17.9 Å². The number of nitrogens with zero attached hydrogens (tertiary/aromatic N) is 2. The summed E-state index contributed by atoms with van der Waals surface area (Å²) in [6.45, 7) is 2.85. The minimum absolute atomic E-state index is 0.0717. The first-order valence-electron chi connectivity index (χ1n) is 10.4. The van der Waals surface area contributed by atoms with Crippen LogP contribution in [0.25, 0.3) is 0 Å². The number of nitrogens with one attached hydrogen (secondary N) is 1. The van der Waals surface area contributed by atoms with Gasteiger partial charge in [0, 0.05) is 36.8 Å². The highest BCUT2D eigenvalue weighted by atomic mass is 32.2. The lowest BCUT2D eigenvalue weighted by atomic mass is 10.3. The van der Waals surface area contributed by atoms with Crippen molar-refractivity contribution in [3.05, 3.63) is 48.3 Å². The smallest absolute Gasteiger partial charge is 0.238 e. The number of thioether (sulfide) groups is 1. The molecule has 0 aliphatic carbocycles. The molecule has 3 rings (SSSR count). The Morgan fingerprint density at radius 2 is 1.75 bits per heavy atom. The highest BCUT2D eigenvalue weighted by Gasteiger charge is 2.21. The highest BCUT2D eigenvalue weighted by molar-refractivity contribution is 8.00. The van der Waals surface area contributed by atoms with Gasteiger partial charge in [-0.2, -0.15) is 0 Å². The number of hydrogen-bond acceptors (Lipinski definition) is 6. The van der Waals surface area contributed by atoms with E-state index in [1.807, 2.05) is 28.0 Å². The number of hydrogen-bond donors (Lipinski definition) is 1. The van der Waals surface area contributed by atoms with Crippen LogP contribution in [-0.4, -0.2) is 74.3 Å². The van der Waals surface area contributed by atoms with Crippen LogP contribution in [0.15, 0.2) is 47.4 Å². The molecule has 7 nitrogen and oxygen atoms in total. The Labute approximate surface area is 191 Å². The normalized spacial score (nSPS) is 14.5. The standard InChI is InChI=1S/C23H28FN3O4S/c1-30-20-9-8-19(14-21(20)31-2)32-16-23(29)27-11-3-10-26(12-13-27)15-22(28)25-18-6-4-17(24)5-7-18/h4-9,14H,3,10-13,15-16H2,1-2H3,(H,25,28). The third-order valence-corrected chi connectivity index (χ3v) is 6.13. The van der Waals surface area contributed by atoms with Crippen LogP contribution in [0, 0.1) is 5.82 Å². The van der Waals surface area contributed by atoms with Crippen LogP contribution < -0.4 is 14.8 Å². The van der Waals surface area contributed by atoms with Crippen LogP contribution in [-0.2, 0) is 9.59 Å². The Morgan fingerprint density at radius 3 is 2.47 bits per heavy atom. The zero-order valence-corrected chi connectivity index (χ0v) is 19.1. The van der Waals surface area contributed by atoms with Gasteiger partial charge in [-0.3, -0.25) is 14.5 Å². The van der Waals surface area contributed by atoms with Gasteiger partial charge >= 0.3 is 0 Å². The van der Waals surface area contributed by atoms with Crippen LogP contribution >= 0.6 is 11.8 Å². The fraction of sp³-hybridized carbons (Fsp3) is 0.391. The van der Waals surface area contributed by atoms with Gasteiger partial charge in [-0.1, -0.05) is 0 Å². The molecule has 1 aliphatic rings. The lowest BCUT2D eigenvalue weighted by Crippen LogP contribution is -2.38. The Balaban J connectivity index is 1.45. The fourth-order valence-electron chi connectivity index (χ4n) is 3.46. The fourth-order valence-corrected chi connectivity index (χ4v) is 4.29. The van der Waals surface area contributed by atoms with E-state index in [2.05, 4.69) is 5.32 Å². The maximum atomic E-state index is 13.0. The average Bonchev–Trinajstić information content (AvgIpc) is 3.04. The predicted octanol–water partition coefficient (Wildman–Crippen LogP) is 3.11. The molecule has 1 heterocycles. The Bertz CT molecular complexity index is 926. The molecule has 0 unspecified atom stereocenters. The predicted molar refractivity (Wildman–Crippen MR) is 123 cm³/mol. The van der Waals surface area contributed by atoms with E-state index in [0.29, 0.717) is 42.6 Å². The molecule has 2 amide bonds. The number of methoxy groups -OCH3 is 2. The summed E-state index contributed by atoms with van der Waals surface area (Å²) >= 11 is 1.46. The molecule has 172 valence electrons. The molecule has 0 atom stereocenters. The number of anilines is 1. The zero-order valence-electron chi connectivity index (χ0n) is 18.3. The molecule has 9 heteroatoms. The minimum atomic E-state index is -0.343. The Hall–Kier alpha value is -2.78. The molecule has 0 radical (unpaired) electrons. The van der Waals surface area contributed by atoms with Crippen LogP contribution in [0.1, 0.15) is 6.42 Å². The third-order valence-electron chi connectivity index (χ3n) is 5.15. The van der Waals surface area contributed by atoms with E-state index in [9.17, 15) is 14.0 Å². The molecule has 2 aromatic rings. The largest absolute Gasteiger partial charge is 0.493 e. The lowest BCUT2D eigenvalue weighted by Gasteiger charge is -2.21. The van der Waals surface area contributed by atoms with Gasteiger partial charge in [0.2, 0.25) is 11.8 Å². The molecule has 32 heavy (non-hydrogen) atoms. The summed E-state index contributed by atoms with van der Waals surface area (Å²) in [7, 11) is 3.17. The van der Waals surface area contributed by atoms with Crippen LogP contribution in [0.4, 0.5) is 10.1 Å². The molecule has 2 aromatic carbocycles. The number of amides is 2. The summed E-state index contributed by atoms with van der Waals surface area (Å²) in [6.07, 6.45) is 0.802. The van der Waals surface area contributed by atoms with Crippen molar-refractivity contribution in [2.24, 2.45) is 0 Å². The molecular formula is C23H28FN3O4S. The van der Waals surface area contributed by atoms with Gasteiger partial charge in [-0.25, -0.2) is 4.39 Å². The summed E-state index contributed by atoms with van der Waals surface area (Å²) in [6, 6.07) is 11.3. The monoisotopic (exact) mass is 461 g/mol. The Morgan fingerprint density at radius 1 is 1.00 bits per heavy atom. The van der Waals surface area contributed by atoms with Crippen molar-refractivity contribution in [3.8, 4) is 11.5 Å². The van der Waals surface area contributed by atoms with Gasteiger partial charge in [-0.05, 0) is 48.9 Å². The van der Waals surface area contributed by atoms with E-state index in [1.165, 1.54) is 36.0 Å². The van der Waals surface area contributed by atoms with Crippen molar-refractivity contribution in [3.63, 3.8) is 0 Å². The lowest BCUT2D eigenvalue weighted by molar-refractivity contribution is -0.128. The van der Waals surface area contributed by atoms with Gasteiger partial charge in [0.1, 0.15) is 5.82 Å². The minimum Gasteiger partial charge on any atom is -0.493 e. The summed E-state index contributed by atoms with van der Waals surface area (Å²) in [5, 5.41) is 2.78. The topological polar surface area (TPSA) is 71.1 Å². The third kappa shape index (κ3) is 6.86. The zero-order chi connectivity index (χ0) is 22.9. The molecule has 1 aliphatic heterocycles. The average molecular weight is 462 g/mol. The van der Waals surface area contributed by atoms with Crippen molar-refractivity contribution in [2.45, 2.75) is 11.3 Å². The summed E-state index contributed by atoms with van der Waals surface area (Å²) in [5.74, 6) is 1.20. The van der Waals surface area contributed by atoms with Gasteiger partial charge in [0.15, 0.2) is 11.5 Å². The van der Waals surface area contributed by atoms with Gasteiger partial charge in [0.25, 0.3) is 0 Å². The first-order valence-corrected chi connectivity index (χ1v) is 11.4. The molecule has 0 bridgehead atoms. The van der Waals surface area contributed by atoms with Crippen molar-refractivity contribution >= 4 is 29.3 Å². The number of benzene rings is 2. The molecule has 0 saturated carbocycles. The van der Waals surface area contributed by atoms with Gasteiger partial charge < -0.3 is 19.7 Å².